The van der Waals surface area contributed by atoms with Gasteiger partial charge in [-0.15, -0.1) is 29.3 Å². The Morgan fingerprint density at radius 2 is 1.19 bits per heavy atom. The molecule has 1 aromatic heterocycles. The minimum Gasteiger partial charge on any atom is -0.304 e. The summed E-state index contributed by atoms with van der Waals surface area (Å²) in [5, 5.41) is 0. The van der Waals surface area contributed by atoms with Gasteiger partial charge in [0.05, 0.1) is 0 Å². The van der Waals surface area contributed by atoms with E-state index in [0.29, 0.717) is 0 Å². The first kappa shape index (κ1) is 45.8. The Hall–Kier alpha value is -3.32. The Balaban J connectivity index is 0.00000641. The van der Waals surface area contributed by atoms with Crippen molar-refractivity contribution >= 4 is 0 Å². The van der Waals surface area contributed by atoms with Gasteiger partial charge < -0.3 is 4.98 Å². The van der Waals surface area contributed by atoms with Crippen molar-refractivity contribution in [1.29, 1.82) is 0 Å². The number of nitrogens with zero attached hydrogens (tertiary/aromatic N) is 1. The molecule has 1 nitrogen and oxygen atoms in total. The van der Waals surface area contributed by atoms with Crippen molar-refractivity contribution in [3.63, 3.8) is 0 Å². The molecule has 1 heterocycles. The molecule has 58 heavy (non-hydrogen) atoms. The maximum atomic E-state index is 5.18. The summed E-state index contributed by atoms with van der Waals surface area (Å²) in [5.41, 5.74) is 17.5. The fourth-order valence-corrected chi connectivity index (χ4v) is 9.36. The van der Waals surface area contributed by atoms with Gasteiger partial charge in [-0.25, -0.2) is 0 Å². The molecule has 5 aromatic rings. The molecule has 0 spiro atoms. The van der Waals surface area contributed by atoms with Gasteiger partial charge >= 0.3 is 0 Å². The van der Waals surface area contributed by atoms with Crippen LogP contribution >= 0.6 is 0 Å². The molecular formula is C56H72IrN-. The number of benzene rings is 4. The van der Waals surface area contributed by atoms with Gasteiger partial charge in [-0.1, -0.05) is 210 Å². The van der Waals surface area contributed by atoms with Crippen molar-refractivity contribution in [1.82, 2.24) is 4.98 Å². The first-order valence-electron chi connectivity index (χ1n) is 23.1. The van der Waals surface area contributed by atoms with E-state index in [2.05, 4.69) is 146 Å². The van der Waals surface area contributed by atoms with Crippen LogP contribution in [0.3, 0.4) is 0 Å². The van der Waals surface area contributed by atoms with Gasteiger partial charge in [0.15, 0.2) is 0 Å². The standard InChI is InChI=1S/C56H72N.Ir/c1-8-12-15-17-19-21-33-56(34-22-20-18-16-13-9-2)52-37-43(24-14-10-3)27-30-50(52)51-31-28-45(40-53(51)56)54-32-29-46(41-57-54)48-36-42(11-4)35-47(38-48)44-25-23-26-49(39-44)55(5,6)7;/h23,25-27,29-32,35-41H,8-22,24,33-34H2,1-7H3;/q-1;. The fraction of sp³-hybridized carbons (Fsp3) is 0.482. The van der Waals surface area contributed by atoms with Crippen LogP contribution in [0.4, 0.5) is 0 Å². The fourth-order valence-electron chi connectivity index (χ4n) is 9.36. The molecule has 0 saturated carbocycles. The van der Waals surface area contributed by atoms with Crippen LogP contribution in [0.2, 0.25) is 0 Å². The first-order valence-corrected chi connectivity index (χ1v) is 23.1. The topological polar surface area (TPSA) is 12.9 Å². The monoisotopic (exact) mass is 952 g/mol. The summed E-state index contributed by atoms with van der Waals surface area (Å²) >= 11 is 0. The van der Waals surface area contributed by atoms with Crippen molar-refractivity contribution in [2.45, 2.75) is 175 Å². The maximum Gasteiger partial charge on any atom is 0.0239 e. The summed E-state index contributed by atoms with van der Waals surface area (Å²) in [6, 6.07) is 36.7. The molecule has 4 aromatic carbocycles. The molecule has 0 saturated heterocycles. The maximum absolute atomic E-state index is 5.18. The molecule has 1 aliphatic rings. The van der Waals surface area contributed by atoms with Gasteiger partial charge in [-0.05, 0) is 93.8 Å². The van der Waals surface area contributed by atoms with E-state index in [1.807, 2.05) is 0 Å². The van der Waals surface area contributed by atoms with E-state index < -0.39 is 0 Å². The van der Waals surface area contributed by atoms with Crippen molar-refractivity contribution in [2.24, 2.45) is 0 Å². The summed E-state index contributed by atoms with van der Waals surface area (Å²) in [7, 11) is 0. The van der Waals surface area contributed by atoms with Crippen LogP contribution in [0.5, 0.6) is 0 Å². The van der Waals surface area contributed by atoms with Gasteiger partial charge in [-0.2, -0.15) is 0 Å². The van der Waals surface area contributed by atoms with Crippen molar-refractivity contribution in [3.8, 4) is 44.6 Å². The summed E-state index contributed by atoms with van der Waals surface area (Å²) in [4.78, 5) is 5.18. The second-order valence-electron chi connectivity index (χ2n) is 18.3. The van der Waals surface area contributed by atoms with E-state index >= 15 is 0 Å². The molecule has 0 unspecified atom stereocenters. The quantitative estimate of drug-likeness (QED) is 0.0528. The summed E-state index contributed by atoms with van der Waals surface area (Å²) in [6.45, 7) is 16.1. The molecule has 0 aliphatic heterocycles. The van der Waals surface area contributed by atoms with E-state index in [4.69, 9.17) is 4.98 Å². The smallest absolute Gasteiger partial charge is 0.0239 e. The predicted molar refractivity (Wildman–Crippen MR) is 248 cm³/mol. The van der Waals surface area contributed by atoms with E-state index in [-0.39, 0.29) is 30.9 Å². The number of pyridine rings is 1. The Labute approximate surface area is 367 Å². The summed E-state index contributed by atoms with van der Waals surface area (Å²) in [5.74, 6) is 0. The van der Waals surface area contributed by atoms with Crippen LogP contribution in [0.1, 0.15) is 179 Å². The molecule has 2 heteroatoms. The molecule has 311 valence electrons. The van der Waals surface area contributed by atoms with E-state index in [0.717, 1.165) is 23.2 Å². The van der Waals surface area contributed by atoms with Gasteiger partial charge in [-0.3, -0.25) is 0 Å². The summed E-state index contributed by atoms with van der Waals surface area (Å²) in [6.07, 6.45) is 25.2. The average molecular weight is 951 g/mol. The average Bonchev–Trinajstić information content (AvgIpc) is 3.50. The minimum absolute atomic E-state index is 0. The number of fused-ring (bicyclic) bond motifs is 3. The first-order chi connectivity index (χ1) is 27.7. The molecule has 0 N–H and O–H groups in total. The van der Waals surface area contributed by atoms with Gasteiger partial charge in [0.1, 0.15) is 0 Å². The largest absolute Gasteiger partial charge is 0.304 e. The zero-order valence-corrected chi connectivity index (χ0v) is 39.6. The SMILES string of the molecule is CCCCCCCCC1(CCCCCCCC)c2cc(-c3ccc(-c4cc(CC)cc(-c5cccc(C(C)(C)C)c5)c4)cn3)[c-]cc2-c2ccc(CCCC)cc21.[Ir]. The molecule has 0 bridgehead atoms. The third kappa shape index (κ3) is 11.1. The molecule has 6 rings (SSSR count). The van der Waals surface area contributed by atoms with Crippen LogP contribution in [0.15, 0.2) is 91.1 Å². The molecular weight excluding hydrogens is 879 g/mol. The Kier molecular flexibility index (Phi) is 17.2. The molecule has 1 radical (unpaired) electrons. The Bertz CT molecular complexity index is 2010. The number of aromatic nitrogens is 1. The van der Waals surface area contributed by atoms with E-state index in [9.17, 15) is 0 Å². The van der Waals surface area contributed by atoms with Crippen LogP contribution in [0.25, 0.3) is 44.6 Å². The van der Waals surface area contributed by atoms with Gasteiger partial charge in [0.2, 0.25) is 0 Å². The zero-order chi connectivity index (χ0) is 40.3. The normalized spacial score (nSPS) is 12.9. The number of hydrogen-bond acceptors (Lipinski definition) is 1. The van der Waals surface area contributed by atoms with Crippen molar-refractivity contribution < 1.29 is 20.1 Å². The third-order valence-corrected chi connectivity index (χ3v) is 12.9. The minimum atomic E-state index is 0. The van der Waals surface area contributed by atoms with Crippen LogP contribution in [-0.2, 0) is 43.8 Å². The number of unbranched alkanes of at least 4 members (excludes halogenated alkanes) is 11. The van der Waals surface area contributed by atoms with Crippen molar-refractivity contribution in [2.75, 3.05) is 0 Å². The predicted octanol–water partition coefficient (Wildman–Crippen LogP) is 16.9. The van der Waals surface area contributed by atoms with Crippen LogP contribution < -0.4 is 0 Å². The van der Waals surface area contributed by atoms with Crippen LogP contribution in [-0.4, -0.2) is 4.98 Å². The third-order valence-electron chi connectivity index (χ3n) is 12.9. The molecule has 1 aliphatic carbocycles. The van der Waals surface area contributed by atoms with Gasteiger partial charge in [0, 0.05) is 31.7 Å². The Morgan fingerprint density at radius 1 is 0.552 bits per heavy atom. The molecule has 0 fully saturated rings. The number of aryl methyl sites for hydroxylation is 2. The second kappa shape index (κ2) is 21.8. The molecule has 0 atom stereocenters. The van der Waals surface area contributed by atoms with E-state index in [1.54, 1.807) is 5.56 Å². The van der Waals surface area contributed by atoms with Gasteiger partial charge in [0.25, 0.3) is 0 Å². The number of rotatable bonds is 21. The van der Waals surface area contributed by atoms with Crippen molar-refractivity contribution in [3.05, 3.63) is 125 Å². The number of hydrogen-bond donors (Lipinski definition) is 0. The van der Waals surface area contributed by atoms with E-state index in [1.165, 1.54) is 159 Å². The summed E-state index contributed by atoms with van der Waals surface area (Å²) < 4.78 is 0. The Morgan fingerprint density at radius 3 is 1.81 bits per heavy atom. The second-order valence-corrected chi connectivity index (χ2v) is 18.3. The van der Waals surface area contributed by atoms with Crippen LogP contribution in [0, 0.1) is 6.07 Å². The zero-order valence-electron chi connectivity index (χ0n) is 37.2. The molecule has 0 amide bonds.